The minimum Gasteiger partial charge on any atom is -0.486 e. The molecule has 0 spiro atoms. The molecule has 3 aromatic carbocycles. The summed E-state index contributed by atoms with van der Waals surface area (Å²) in [4.78, 5) is 12.9. The van der Waals surface area contributed by atoms with Crippen molar-refractivity contribution < 1.29 is 22.7 Å². The lowest BCUT2D eigenvalue weighted by atomic mass is 10.1. The SMILES string of the molecule is CC(C(=O)NCc1ccc2ccccc2c1)N(c1ccc2c(c1)OCCO2)S(C)(=O)=O. The lowest BCUT2D eigenvalue weighted by molar-refractivity contribution is -0.122. The number of carbonyl (C=O) groups is 1. The molecule has 1 aliphatic heterocycles. The molecule has 1 heterocycles. The summed E-state index contributed by atoms with van der Waals surface area (Å²) in [5, 5.41) is 5.05. The number of nitrogens with zero attached hydrogens (tertiary/aromatic N) is 1. The second kappa shape index (κ2) is 8.47. The van der Waals surface area contributed by atoms with Crippen molar-refractivity contribution >= 4 is 32.4 Å². The molecular weight excluding hydrogens is 416 g/mol. The monoisotopic (exact) mass is 440 g/mol. The topological polar surface area (TPSA) is 84.9 Å². The highest BCUT2D eigenvalue weighted by Crippen LogP contribution is 2.35. The van der Waals surface area contributed by atoms with Gasteiger partial charge in [-0.1, -0.05) is 36.4 Å². The van der Waals surface area contributed by atoms with Gasteiger partial charge in [0.15, 0.2) is 11.5 Å². The normalized spacial score (nSPS) is 14.1. The van der Waals surface area contributed by atoms with Crippen LogP contribution in [0.3, 0.4) is 0 Å². The summed E-state index contributed by atoms with van der Waals surface area (Å²) in [5.74, 6) is 0.617. The smallest absolute Gasteiger partial charge is 0.243 e. The Morgan fingerprint density at radius 3 is 2.45 bits per heavy atom. The van der Waals surface area contributed by atoms with E-state index in [1.807, 2.05) is 42.5 Å². The fraction of sp³-hybridized carbons (Fsp3) is 0.261. The van der Waals surface area contributed by atoms with Gasteiger partial charge in [-0.05, 0) is 41.5 Å². The number of fused-ring (bicyclic) bond motifs is 2. The number of rotatable bonds is 6. The highest BCUT2D eigenvalue weighted by atomic mass is 32.2. The molecule has 162 valence electrons. The molecule has 7 nitrogen and oxygen atoms in total. The molecule has 31 heavy (non-hydrogen) atoms. The fourth-order valence-corrected chi connectivity index (χ4v) is 4.83. The second-order valence-corrected chi connectivity index (χ2v) is 9.32. The Labute approximate surface area is 181 Å². The van der Waals surface area contributed by atoms with E-state index < -0.39 is 22.0 Å². The van der Waals surface area contributed by atoms with Gasteiger partial charge in [0, 0.05) is 12.6 Å². The van der Waals surface area contributed by atoms with Gasteiger partial charge in [-0.25, -0.2) is 8.42 Å². The highest BCUT2D eigenvalue weighted by molar-refractivity contribution is 7.92. The third-order valence-electron chi connectivity index (χ3n) is 5.15. The van der Waals surface area contributed by atoms with Crippen LogP contribution < -0.4 is 19.1 Å². The first-order valence-electron chi connectivity index (χ1n) is 9.97. The van der Waals surface area contributed by atoms with Crippen LogP contribution in [-0.4, -0.2) is 39.8 Å². The van der Waals surface area contributed by atoms with Gasteiger partial charge in [-0.3, -0.25) is 9.10 Å². The van der Waals surface area contributed by atoms with E-state index in [4.69, 9.17) is 9.47 Å². The summed E-state index contributed by atoms with van der Waals surface area (Å²) in [6.07, 6.45) is 1.08. The predicted octanol–water partition coefficient (Wildman–Crippen LogP) is 3.08. The molecule has 1 amide bonds. The number of ether oxygens (including phenoxy) is 2. The molecule has 0 bridgehead atoms. The van der Waals surface area contributed by atoms with Crippen LogP contribution in [0.1, 0.15) is 12.5 Å². The zero-order valence-corrected chi connectivity index (χ0v) is 18.2. The largest absolute Gasteiger partial charge is 0.486 e. The van der Waals surface area contributed by atoms with E-state index >= 15 is 0 Å². The molecule has 0 aromatic heterocycles. The van der Waals surface area contributed by atoms with Crippen molar-refractivity contribution in [1.29, 1.82) is 0 Å². The molecule has 0 saturated carbocycles. The lowest BCUT2D eigenvalue weighted by Gasteiger charge is -2.29. The van der Waals surface area contributed by atoms with E-state index in [0.717, 1.165) is 26.9 Å². The van der Waals surface area contributed by atoms with Gasteiger partial charge in [0.1, 0.15) is 19.3 Å². The van der Waals surface area contributed by atoms with Crippen LogP contribution in [0.4, 0.5) is 5.69 Å². The van der Waals surface area contributed by atoms with Crippen molar-refractivity contribution in [3.8, 4) is 11.5 Å². The number of amides is 1. The molecule has 1 aliphatic rings. The average Bonchev–Trinajstić information content (AvgIpc) is 2.76. The van der Waals surface area contributed by atoms with E-state index in [0.29, 0.717) is 36.9 Å². The van der Waals surface area contributed by atoms with Crippen molar-refractivity contribution in [3.05, 3.63) is 66.2 Å². The highest BCUT2D eigenvalue weighted by Gasteiger charge is 2.30. The van der Waals surface area contributed by atoms with Crippen molar-refractivity contribution in [1.82, 2.24) is 5.32 Å². The van der Waals surface area contributed by atoms with Crippen LogP contribution in [0.5, 0.6) is 11.5 Å². The standard InChI is InChI=1S/C23H24N2O5S/c1-16(23(26)24-15-17-7-8-18-5-3-4-6-19(18)13-17)25(31(2,27)28)20-9-10-21-22(14-20)30-12-11-29-21/h3-10,13-14,16H,11-12,15H2,1-2H3,(H,24,26). The first kappa shape index (κ1) is 21.0. The van der Waals surface area contributed by atoms with Gasteiger partial charge in [-0.2, -0.15) is 0 Å². The number of hydrogen-bond donors (Lipinski definition) is 1. The molecule has 3 aromatic rings. The molecule has 1 atom stereocenters. The molecular formula is C23H24N2O5S. The van der Waals surface area contributed by atoms with E-state index in [1.54, 1.807) is 25.1 Å². The van der Waals surface area contributed by atoms with Gasteiger partial charge in [-0.15, -0.1) is 0 Å². The quantitative estimate of drug-likeness (QED) is 0.637. The molecule has 1 unspecified atom stereocenters. The summed E-state index contributed by atoms with van der Waals surface area (Å²) < 4.78 is 37.2. The summed E-state index contributed by atoms with van der Waals surface area (Å²) in [6.45, 7) is 2.69. The number of anilines is 1. The fourth-order valence-electron chi connectivity index (χ4n) is 3.66. The van der Waals surface area contributed by atoms with Crippen LogP contribution in [-0.2, 0) is 21.4 Å². The minimum absolute atomic E-state index is 0.298. The number of sulfonamides is 1. The Bertz CT molecular complexity index is 1230. The second-order valence-electron chi connectivity index (χ2n) is 7.46. The van der Waals surface area contributed by atoms with Crippen molar-refractivity contribution in [2.24, 2.45) is 0 Å². The third-order valence-corrected chi connectivity index (χ3v) is 6.39. The zero-order valence-electron chi connectivity index (χ0n) is 17.4. The number of carbonyl (C=O) groups excluding carboxylic acids is 1. The van der Waals surface area contributed by atoms with Gasteiger partial charge in [0.05, 0.1) is 11.9 Å². The summed E-state index contributed by atoms with van der Waals surface area (Å²) >= 11 is 0. The molecule has 0 fully saturated rings. The summed E-state index contributed by atoms with van der Waals surface area (Å²) in [6, 6.07) is 17.8. The Balaban J connectivity index is 1.52. The van der Waals surface area contributed by atoms with E-state index in [9.17, 15) is 13.2 Å². The number of nitrogens with one attached hydrogen (secondary N) is 1. The minimum atomic E-state index is -3.72. The van der Waals surface area contributed by atoms with Crippen LogP contribution in [0.15, 0.2) is 60.7 Å². The predicted molar refractivity (Wildman–Crippen MR) is 120 cm³/mol. The Morgan fingerprint density at radius 2 is 1.71 bits per heavy atom. The van der Waals surface area contributed by atoms with Gasteiger partial charge < -0.3 is 14.8 Å². The maximum absolute atomic E-state index is 12.9. The van der Waals surface area contributed by atoms with Crippen molar-refractivity contribution in [3.63, 3.8) is 0 Å². The molecule has 0 saturated heterocycles. The molecule has 0 aliphatic carbocycles. The molecule has 8 heteroatoms. The van der Waals surface area contributed by atoms with Crippen molar-refractivity contribution in [2.45, 2.75) is 19.5 Å². The van der Waals surface area contributed by atoms with Gasteiger partial charge in [0.2, 0.25) is 15.9 Å². The molecule has 1 N–H and O–H groups in total. The number of hydrogen-bond acceptors (Lipinski definition) is 5. The summed E-state index contributed by atoms with van der Waals surface area (Å²) in [7, 11) is -3.72. The van der Waals surface area contributed by atoms with Crippen LogP contribution in [0.2, 0.25) is 0 Å². The molecule has 4 rings (SSSR count). The van der Waals surface area contributed by atoms with Gasteiger partial charge in [0.25, 0.3) is 0 Å². The zero-order chi connectivity index (χ0) is 22.0. The van der Waals surface area contributed by atoms with Crippen molar-refractivity contribution in [2.75, 3.05) is 23.8 Å². The third kappa shape index (κ3) is 4.59. The summed E-state index contributed by atoms with van der Waals surface area (Å²) in [5.41, 5.74) is 1.28. The first-order valence-corrected chi connectivity index (χ1v) is 11.8. The van der Waals surface area contributed by atoms with E-state index in [-0.39, 0.29) is 0 Å². The molecule has 0 radical (unpaired) electrons. The Hall–Kier alpha value is -3.26. The maximum Gasteiger partial charge on any atom is 0.243 e. The van der Waals surface area contributed by atoms with Crippen LogP contribution in [0, 0.1) is 0 Å². The van der Waals surface area contributed by atoms with Crippen LogP contribution >= 0.6 is 0 Å². The first-order chi connectivity index (χ1) is 14.8. The lowest BCUT2D eigenvalue weighted by Crippen LogP contribution is -2.47. The average molecular weight is 441 g/mol. The number of benzene rings is 3. The Kier molecular flexibility index (Phi) is 5.73. The maximum atomic E-state index is 12.9. The van der Waals surface area contributed by atoms with E-state index in [2.05, 4.69) is 5.32 Å². The van der Waals surface area contributed by atoms with Gasteiger partial charge >= 0.3 is 0 Å². The van der Waals surface area contributed by atoms with E-state index in [1.165, 1.54) is 0 Å². The van der Waals surface area contributed by atoms with Crippen LogP contribution in [0.25, 0.3) is 10.8 Å². The Morgan fingerprint density at radius 1 is 1.00 bits per heavy atom.